The molecule has 0 radical (unpaired) electrons. The van der Waals surface area contributed by atoms with E-state index in [1.54, 1.807) is 6.08 Å². The molecule has 0 aliphatic carbocycles. The van der Waals surface area contributed by atoms with Crippen LogP contribution in [0.5, 0.6) is 0 Å². The van der Waals surface area contributed by atoms with Crippen LogP contribution < -0.4 is 0 Å². The first-order valence-corrected chi connectivity index (χ1v) is 3.75. The molecule has 0 N–H and O–H groups in total. The number of allylic oxidation sites excluding steroid dienone is 4. The van der Waals surface area contributed by atoms with Crippen LogP contribution in [0.15, 0.2) is 35.9 Å². The van der Waals surface area contributed by atoms with Gasteiger partial charge in [-0.3, -0.25) is 0 Å². The lowest BCUT2D eigenvalue weighted by Crippen LogP contribution is -1.72. The smallest absolute Gasteiger partial charge is 0.0334 e. The molecule has 0 bridgehead atoms. The average Bonchev–Trinajstić information content (AvgIpc) is 1.85. The summed E-state index contributed by atoms with van der Waals surface area (Å²) >= 11 is 5.50. The van der Waals surface area contributed by atoms with Crippen molar-refractivity contribution in [1.82, 2.24) is 0 Å². The molecule has 0 spiro atoms. The average molecular weight is 157 g/mol. The number of hydrogen-bond acceptors (Lipinski definition) is 0. The number of rotatable bonds is 4. The van der Waals surface area contributed by atoms with Gasteiger partial charge in [-0.25, -0.2) is 0 Å². The van der Waals surface area contributed by atoms with Gasteiger partial charge in [0.15, 0.2) is 0 Å². The Kier molecular flexibility index (Phi) is 5.05. The third-order valence-electron chi connectivity index (χ3n) is 1.07. The zero-order chi connectivity index (χ0) is 7.98. The normalized spacial score (nSPS) is 10.2. The molecule has 0 saturated heterocycles. The molecule has 0 aromatic rings. The summed E-state index contributed by atoms with van der Waals surface area (Å²) in [5, 5.41) is 0.553. The lowest BCUT2D eigenvalue weighted by Gasteiger charge is -1.93. The lowest BCUT2D eigenvalue weighted by molar-refractivity contribution is 0.930. The highest BCUT2D eigenvalue weighted by Gasteiger charge is 1.84. The van der Waals surface area contributed by atoms with E-state index < -0.39 is 0 Å². The van der Waals surface area contributed by atoms with Crippen LogP contribution in [0.1, 0.15) is 19.8 Å². The standard InChI is InChI=1S/C9H13Cl/c1-4-5-8(2)6-7-9(3)10/h6-7H,2-5H2,1H3/b7-6-. The molecule has 0 nitrogen and oxygen atoms in total. The molecule has 0 aliphatic heterocycles. The van der Waals surface area contributed by atoms with Gasteiger partial charge in [0.1, 0.15) is 0 Å². The SMILES string of the molecule is C=C(Cl)/C=C\C(=C)CCC. The second-order valence-electron chi connectivity index (χ2n) is 2.19. The molecule has 56 valence electrons. The molecule has 0 amide bonds. The maximum atomic E-state index is 5.50. The summed E-state index contributed by atoms with van der Waals surface area (Å²) in [6, 6.07) is 0. The van der Waals surface area contributed by atoms with Crippen LogP contribution in [0.3, 0.4) is 0 Å². The zero-order valence-corrected chi connectivity index (χ0v) is 7.12. The minimum Gasteiger partial charge on any atom is -0.0958 e. The van der Waals surface area contributed by atoms with Crippen LogP contribution in [0.2, 0.25) is 0 Å². The summed E-state index contributed by atoms with van der Waals surface area (Å²) in [5.74, 6) is 0. The summed E-state index contributed by atoms with van der Waals surface area (Å²) in [5.41, 5.74) is 1.10. The Morgan fingerprint density at radius 1 is 1.40 bits per heavy atom. The summed E-state index contributed by atoms with van der Waals surface area (Å²) in [4.78, 5) is 0. The molecule has 10 heavy (non-hydrogen) atoms. The first kappa shape index (κ1) is 9.51. The van der Waals surface area contributed by atoms with E-state index in [4.69, 9.17) is 11.6 Å². The van der Waals surface area contributed by atoms with Crippen molar-refractivity contribution in [3.8, 4) is 0 Å². The van der Waals surface area contributed by atoms with Gasteiger partial charge in [-0.15, -0.1) is 0 Å². The highest BCUT2D eigenvalue weighted by Crippen LogP contribution is 2.06. The molecule has 0 saturated carbocycles. The fourth-order valence-corrected chi connectivity index (χ4v) is 0.676. The van der Waals surface area contributed by atoms with Gasteiger partial charge in [0.05, 0.1) is 0 Å². The highest BCUT2D eigenvalue weighted by molar-refractivity contribution is 6.30. The highest BCUT2D eigenvalue weighted by atomic mass is 35.5. The van der Waals surface area contributed by atoms with Gasteiger partial charge in [-0.2, -0.15) is 0 Å². The molecule has 0 aromatic heterocycles. The van der Waals surface area contributed by atoms with Crippen molar-refractivity contribution in [2.24, 2.45) is 0 Å². The first-order chi connectivity index (χ1) is 4.66. The maximum absolute atomic E-state index is 5.50. The minimum atomic E-state index is 0.553. The van der Waals surface area contributed by atoms with Gasteiger partial charge in [-0.05, 0) is 12.5 Å². The Morgan fingerprint density at radius 2 is 2.00 bits per heavy atom. The monoisotopic (exact) mass is 156 g/mol. The zero-order valence-electron chi connectivity index (χ0n) is 6.36. The second-order valence-corrected chi connectivity index (χ2v) is 2.67. The van der Waals surface area contributed by atoms with Crippen molar-refractivity contribution in [1.29, 1.82) is 0 Å². The number of hydrogen-bond donors (Lipinski definition) is 0. The Bertz CT molecular complexity index is 154. The lowest BCUT2D eigenvalue weighted by atomic mass is 10.2. The van der Waals surface area contributed by atoms with Crippen molar-refractivity contribution < 1.29 is 0 Å². The summed E-state index contributed by atoms with van der Waals surface area (Å²) in [7, 11) is 0. The summed E-state index contributed by atoms with van der Waals surface area (Å²) in [6.45, 7) is 9.47. The molecule has 0 unspecified atom stereocenters. The fraction of sp³-hybridized carbons (Fsp3) is 0.333. The predicted molar refractivity (Wildman–Crippen MR) is 48.2 cm³/mol. The first-order valence-electron chi connectivity index (χ1n) is 3.37. The van der Waals surface area contributed by atoms with Gasteiger partial charge in [0.25, 0.3) is 0 Å². The van der Waals surface area contributed by atoms with E-state index in [1.165, 1.54) is 0 Å². The van der Waals surface area contributed by atoms with E-state index in [9.17, 15) is 0 Å². The molecule has 0 fully saturated rings. The third kappa shape index (κ3) is 5.64. The molecule has 0 heterocycles. The molecular weight excluding hydrogens is 144 g/mol. The van der Waals surface area contributed by atoms with Gasteiger partial charge in [0.2, 0.25) is 0 Å². The maximum Gasteiger partial charge on any atom is 0.0334 e. The molecule has 1 heteroatoms. The van der Waals surface area contributed by atoms with Gasteiger partial charge >= 0.3 is 0 Å². The van der Waals surface area contributed by atoms with Crippen LogP contribution in [0.4, 0.5) is 0 Å². The van der Waals surface area contributed by atoms with E-state index in [0.29, 0.717) is 5.03 Å². The predicted octanol–water partition coefficient (Wildman–Crippen LogP) is 3.65. The topological polar surface area (TPSA) is 0 Å². The van der Waals surface area contributed by atoms with Gasteiger partial charge < -0.3 is 0 Å². The molecule has 0 atom stereocenters. The third-order valence-corrected chi connectivity index (χ3v) is 1.20. The van der Waals surface area contributed by atoms with E-state index in [2.05, 4.69) is 20.1 Å². The Hall–Kier alpha value is -0.490. The van der Waals surface area contributed by atoms with Crippen LogP contribution in [-0.4, -0.2) is 0 Å². The minimum absolute atomic E-state index is 0.553. The number of halogens is 1. The van der Waals surface area contributed by atoms with Crippen LogP contribution in [-0.2, 0) is 0 Å². The fourth-order valence-electron chi connectivity index (χ4n) is 0.613. The van der Waals surface area contributed by atoms with E-state index in [-0.39, 0.29) is 0 Å². The van der Waals surface area contributed by atoms with Crippen molar-refractivity contribution >= 4 is 11.6 Å². The Morgan fingerprint density at radius 3 is 2.40 bits per heavy atom. The largest absolute Gasteiger partial charge is 0.0958 e. The van der Waals surface area contributed by atoms with E-state index in [1.807, 2.05) is 6.08 Å². The van der Waals surface area contributed by atoms with Crippen LogP contribution in [0.25, 0.3) is 0 Å². The second kappa shape index (κ2) is 5.31. The molecule has 0 aliphatic rings. The Labute approximate surface area is 67.9 Å². The summed E-state index contributed by atoms with van der Waals surface area (Å²) < 4.78 is 0. The molecule has 0 rings (SSSR count). The van der Waals surface area contributed by atoms with Crippen molar-refractivity contribution in [3.63, 3.8) is 0 Å². The molecular formula is C9H13Cl. The van der Waals surface area contributed by atoms with E-state index in [0.717, 1.165) is 18.4 Å². The van der Waals surface area contributed by atoms with Crippen molar-refractivity contribution in [2.75, 3.05) is 0 Å². The van der Waals surface area contributed by atoms with Crippen LogP contribution >= 0.6 is 11.6 Å². The quantitative estimate of drug-likeness (QED) is 0.545. The summed E-state index contributed by atoms with van der Waals surface area (Å²) in [6.07, 6.45) is 5.82. The van der Waals surface area contributed by atoms with Crippen molar-refractivity contribution in [3.05, 3.63) is 35.9 Å². The van der Waals surface area contributed by atoms with Gasteiger partial charge in [-0.1, -0.05) is 49.8 Å². The van der Waals surface area contributed by atoms with Crippen LogP contribution in [0, 0.1) is 0 Å². The molecule has 0 aromatic carbocycles. The van der Waals surface area contributed by atoms with E-state index >= 15 is 0 Å². The van der Waals surface area contributed by atoms with Gasteiger partial charge in [0, 0.05) is 5.03 Å². The Balaban J connectivity index is 3.67. The van der Waals surface area contributed by atoms with Crippen molar-refractivity contribution in [2.45, 2.75) is 19.8 Å².